The first-order valence-corrected chi connectivity index (χ1v) is 10.9. The number of benzene rings is 2. The van der Waals surface area contributed by atoms with Gasteiger partial charge in [-0.2, -0.15) is 25.2 Å². The molecule has 2 heterocycles. The van der Waals surface area contributed by atoms with E-state index in [1.54, 1.807) is 16.8 Å². The van der Waals surface area contributed by atoms with Crippen LogP contribution >= 0.6 is 27.5 Å². The van der Waals surface area contributed by atoms with Crippen molar-refractivity contribution in [3.8, 4) is 5.95 Å². The average molecular weight is 512 g/mol. The molecule has 4 rings (SSSR count). The van der Waals surface area contributed by atoms with Gasteiger partial charge >= 0.3 is 0 Å². The lowest BCUT2D eigenvalue weighted by Gasteiger charge is -2.10. The topological polar surface area (TPSA) is 92.9 Å². The molecule has 0 saturated carbocycles. The first-order valence-electron chi connectivity index (χ1n) is 9.76. The molecule has 4 aromatic rings. The quantitative estimate of drug-likeness (QED) is 0.256. The van der Waals surface area contributed by atoms with Crippen LogP contribution in [0, 0.1) is 13.8 Å². The standard InChI is InChI=1S/C22H20BrClN8/c1-13-12-14(2)32(31-13)22-27-20(25-19-10-8-18(24)9-11-19)26-21(28-22)30-29-15(3)16-4-6-17(23)7-5-16/h4-12H,1-3H3,(H2,25,26,27,28,30). The van der Waals surface area contributed by atoms with E-state index in [-0.39, 0.29) is 5.95 Å². The summed E-state index contributed by atoms with van der Waals surface area (Å²) in [5, 5.41) is 12.7. The molecule has 0 amide bonds. The third-order valence-electron chi connectivity index (χ3n) is 4.51. The summed E-state index contributed by atoms with van der Waals surface area (Å²) in [4.78, 5) is 13.5. The third-order valence-corrected chi connectivity index (χ3v) is 5.29. The zero-order valence-corrected chi connectivity index (χ0v) is 20.0. The summed E-state index contributed by atoms with van der Waals surface area (Å²) in [7, 11) is 0. The molecular weight excluding hydrogens is 492 g/mol. The van der Waals surface area contributed by atoms with E-state index in [2.05, 4.69) is 51.8 Å². The van der Waals surface area contributed by atoms with Crippen LogP contribution in [0.2, 0.25) is 5.02 Å². The Kier molecular flexibility index (Phi) is 6.48. The highest BCUT2D eigenvalue weighted by molar-refractivity contribution is 9.10. The predicted octanol–water partition coefficient (Wildman–Crippen LogP) is 5.67. The highest BCUT2D eigenvalue weighted by Gasteiger charge is 2.12. The van der Waals surface area contributed by atoms with Gasteiger partial charge in [0.05, 0.1) is 11.4 Å². The number of nitrogens with one attached hydrogen (secondary N) is 2. The molecule has 0 aliphatic rings. The number of halogens is 2. The van der Waals surface area contributed by atoms with Crippen LogP contribution in [0.5, 0.6) is 0 Å². The SMILES string of the molecule is CC(=NNc1nc(Nc2ccc(Cl)cc2)nc(-n2nc(C)cc2C)n1)c1ccc(Br)cc1. The van der Waals surface area contributed by atoms with E-state index in [9.17, 15) is 0 Å². The van der Waals surface area contributed by atoms with Crippen molar-refractivity contribution in [2.24, 2.45) is 5.10 Å². The van der Waals surface area contributed by atoms with E-state index in [0.29, 0.717) is 16.9 Å². The fourth-order valence-corrected chi connectivity index (χ4v) is 3.34. The summed E-state index contributed by atoms with van der Waals surface area (Å²) in [6.07, 6.45) is 0. The predicted molar refractivity (Wildman–Crippen MR) is 131 cm³/mol. The van der Waals surface area contributed by atoms with Crippen molar-refractivity contribution in [3.63, 3.8) is 0 Å². The Morgan fingerprint density at radius 3 is 2.31 bits per heavy atom. The minimum Gasteiger partial charge on any atom is -0.324 e. The van der Waals surface area contributed by atoms with Gasteiger partial charge in [-0.05, 0) is 68.8 Å². The maximum Gasteiger partial charge on any atom is 0.257 e. The van der Waals surface area contributed by atoms with E-state index in [1.807, 2.05) is 63.2 Å². The Morgan fingerprint density at radius 1 is 0.969 bits per heavy atom. The number of nitrogens with zero attached hydrogens (tertiary/aromatic N) is 6. The molecule has 0 spiro atoms. The number of hydrogen-bond donors (Lipinski definition) is 2. The first-order chi connectivity index (χ1) is 15.4. The summed E-state index contributed by atoms with van der Waals surface area (Å²) in [5.41, 5.74) is 7.28. The molecule has 0 radical (unpaired) electrons. The highest BCUT2D eigenvalue weighted by atomic mass is 79.9. The molecule has 8 nitrogen and oxygen atoms in total. The molecule has 162 valence electrons. The van der Waals surface area contributed by atoms with Gasteiger partial charge in [-0.25, -0.2) is 10.1 Å². The van der Waals surface area contributed by atoms with Crippen molar-refractivity contribution < 1.29 is 0 Å². The molecule has 0 unspecified atom stereocenters. The van der Waals surface area contributed by atoms with Gasteiger partial charge in [-0.3, -0.25) is 0 Å². The number of anilines is 3. The van der Waals surface area contributed by atoms with Crippen LogP contribution in [0.15, 0.2) is 64.2 Å². The Hall–Kier alpha value is -3.30. The van der Waals surface area contributed by atoms with Crippen LogP contribution in [0.25, 0.3) is 5.95 Å². The largest absolute Gasteiger partial charge is 0.324 e. The molecule has 0 fully saturated rings. The molecule has 0 aliphatic carbocycles. The minimum atomic E-state index is 0.287. The molecule has 0 bridgehead atoms. The van der Waals surface area contributed by atoms with Crippen LogP contribution in [0.4, 0.5) is 17.6 Å². The molecular formula is C22H20BrClN8. The second-order valence-corrected chi connectivity index (χ2v) is 8.42. The van der Waals surface area contributed by atoms with Crippen molar-refractivity contribution in [1.29, 1.82) is 0 Å². The highest BCUT2D eigenvalue weighted by Crippen LogP contribution is 2.19. The van der Waals surface area contributed by atoms with Crippen molar-refractivity contribution in [2.45, 2.75) is 20.8 Å². The average Bonchev–Trinajstić information content (AvgIpc) is 3.12. The smallest absolute Gasteiger partial charge is 0.257 e. The van der Waals surface area contributed by atoms with Gasteiger partial charge in [0.1, 0.15) is 0 Å². The number of aromatic nitrogens is 5. The maximum atomic E-state index is 5.99. The third kappa shape index (κ3) is 5.30. The molecule has 2 aromatic carbocycles. The van der Waals surface area contributed by atoms with Crippen molar-refractivity contribution >= 4 is 50.8 Å². The number of rotatable bonds is 6. The second-order valence-electron chi connectivity index (χ2n) is 7.07. The number of hydrogen-bond acceptors (Lipinski definition) is 7. The van der Waals surface area contributed by atoms with Gasteiger partial charge in [0.15, 0.2) is 0 Å². The zero-order valence-electron chi connectivity index (χ0n) is 17.6. The molecule has 32 heavy (non-hydrogen) atoms. The van der Waals surface area contributed by atoms with Crippen LogP contribution in [0.3, 0.4) is 0 Å². The van der Waals surface area contributed by atoms with E-state index in [1.165, 1.54) is 0 Å². The fraction of sp³-hybridized carbons (Fsp3) is 0.136. The Balaban J connectivity index is 1.67. The zero-order chi connectivity index (χ0) is 22.7. The van der Waals surface area contributed by atoms with Crippen LogP contribution in [-0.4, -0.2) is 30.4 Å². The van der Waals surface area contributed by atoms with Gasteiger partial charge in [0, 0.05) is 20.9 Å². The number of hydrazone groups is 1. The molecule has 2 aromatic heterocycles. The summed E-state index contributed by atoms with van der Waals surface area (Å²) in [6, 6.07) is 17.1. The summed E-state index contributed by atoms with van der Waals surface area (Å²) in [6.45, 7) is 5.77. The summed E-state index contributed by atoms with van der Waals surface area (Å²) >= 11 is 9.43. The Bertz CT molecular complexity index is 1270. The molecule has 0 aliphatic heterocycles. The van der Waals surface area contributed by atoms with Crippen molar-refractivity contribution in [1.82, 2.24) is 24.7 Å². The second kappa shape index (κ2) is 9.46. The monoisotopic (exact) mass is 510 g/mol. The Morgan fingerprint density at radius 2 is 1.66 bits per heavy atom. The normalized spacial score (nSPS) is 11.5. The fourth-order valence-electron chi connectivity index (χ4n) is 2.95. The van der Waals surface area contributed by atoms with Gasteiger partial charge in [-0.15, -0.1) is 0 Å². The van der Waals surface area contributed by atoms with E-state index in [0.717, 1.165) is 32.8 Å². The lowest BCUT2D eigenvalue weighted by atomic mass is 10.1. The van der Waals surface area contributed by atoms with Crippen molar-refractivity contribution in [3.05, 3.63) is 81.0 Å². The van der Waals surface area contributed by atoms with Gasteiger partial charge in [-0.1, -0.05) is 39.7 Å². The van der Waals surface area contributed by atoms with Gasteiger partial charge in [0.25, 0.3) is 5.95 Å². The molecule has 0 atom stereocenters. The van der Waals surface area contributed by atoms with E-state index in [4.69, 9.17) is 11.6 Å². The minimum absolute atomic E-state index is 0.287. The van der Waals surface area contributed by atoms with Crippen LogP contribution in [-0.2, 0) is 0 Å². The lowest BCUT2D eigenvalue weighted by Crippen LogP contribution is -2.11. The van der Waals surface area contributed by atoms with Gasteiger partial charge < -0.3 is 5.32 Å². The number of aryl methyl sites for hydroxylation is 2. The van der Waals surface area contributed by atoms with Crippen molar-refractivity contribution in [2.75, 3.05) is 10.7 Å². The molecule has 10 heteroatoms. The summed E-state index contributed by atoms with van der Waals surface area (Å²) < 4.78 is 2.67. The van der Waals surface area contributed by atoms with E-state index >= 15 is 0 Å². The Labute approximate surface area is 198 Å². The summed E-state index contributed by atoms with van der Waals surface area (Å²) in [5.74, 6) is 1.01. The van der Waals surface area contributed by atoms with Crippen LogP contribution in [0.1, 0.15) is 23.9 Å². The molecule has 0 saturated heterocycles. The van der Waals surface area contributed by atoms with Crippen LogP contribution < -0.4 is 10.7 Å². The maximum absolute atomic E-state index is 5.99. The molecule has 2 N–H and O–H groups in total. The van der Waals surface area contributed by atoms with Gasteiger partial charge in [0.2, 0.25) is 11.9 Å². The first kappa shape index (κ1) is 21.9. The lowest BCUT2D eigenvalue weighted by molar-refractivity contribution is 0.767. The van der Waals surface area contributed by atoms with E-state index < -0.39 is 0 Å².